The van der Waals surface area contributed by atoms with E-state index in [2.05, 4.69) is 15.2 Å². The van der Waals surface area contributed by atoms with Gasteiger partial charge in [-0.1, -0.05) is 11.8 Å². The standard InChI is InChI=1S/C11H8N4S/c12-5-8-16-11-2-1-10(14-15-11)9-3-6-13-7-4-9/h1-4,6-7H,8H2. The van der Waals surface area contributed by atoms with Crippen molar-refractivity contribution in [2.75, 3.05) is 5.75 Å². The van der Waals surface area contributed by atoms with Gasteiger partial charge in [0.15, 0.2) is 0 Å². The van der Waals surface area contributed by atoms with Crippen LogP contribution in [0, 0.1) is 11.3 Å². The molecule has 0 fully saturated rings. The predicted molar refractivity (Wildman–Crippen MR) is 61.6 cm³/mol. The van der Waals surface area contributed by atoms with Crippen molar-refractivity contribution in [1.29, 1.82) is 5.26 Å². The molecule has 78 valence electrons. The van der Waals surface area contributed by atoms with Crippen LogP contribution in [0.5, 0.6) is 0 Å². The van der Waals surface area contributed by atoms with Gasteiger partial charge in [-0.05, 0) is 24.3 Å². The quantitative estimate of drug-likeness (QED) is 0.753. The molecule has 0 radical (unpaired) electrons. The van der Waals surface area contributed by atoms with Crippen LogP contribution in [-0.2, 0) is 0 Å². The monoisotopic (exact) mass is 228 g/mol. The molecule has 0 spiro atoms. The fourth-order valence-corrected chi connectivity index (χ4v) is 1.66. The lowest BCUT2D eigenvalue weighted by atomic mass is 10.2. The van der Waals surface area contributed by atoms with E-state index in [4.69, 9.17) is 5.26 Å². The molecule has 0 N–H and O–H groups in total. The lowest BCUT2D eigenvalue weighted by Gasteiger charge is -1.99. The summed E-state index contributed by atoms with van der Waals surface area (Å²) >= 11 is 1.38. The van der Waals surface area contributed by atoms with Gasteiger partial charge in [-0.3, -0.25) is 4.98 Å². The van der Waals surface area contributed by atoms with E-state index in [1.165, 1.54) is 11.8 Å². The highest BCUT2D eigenvalue weighted by atomic mass is 32.2. The van der Waals surface area contributed by atoms with Crippen molar-refractivity contribution in [2.24, 2.45) is 0 Å². The fourth-order valence-electron chi connectivity index (χ4n) is 1.18. The Kier molecular flexibility index (Phi) is 3.46. The molecule has 0 aliphatic rings. The molecule has 2 heterocycles. The van der Waals surface area contributed by atoms with E-state index in [1.54, 1.807) is 12.4 Å². The third-order valence-corrected chi connectivity index (χ3v) is 2.69. The van der Waals surface area contributed by atoms with Crippen molar-refractivity contribution in [3.05, 3.63) is 36.7 Å². The Bertz CT molecular complexity index is 490. The summed E-state index contributed by atoms with van der Waals surface area (Å²) in [5.74, 6) is 0.392. The molecule has 0 aromatic carbocycles. The molecule has 0 aliphatic heterocycles. The summed E-state index contributed by atoms with van der Waals surface area (Å²) in [5, 5.41) is 17.3. The van der Waals surface area contributed by atoms with Crippen LogP contribution in [0.4, 0.5) is 0 Å². The van der Waals surface area contributed by atoms with Crippen LogP contribution in [0.25, 0.3) is 11.3 Å². The van der Waals surface area contributed by atoms with Crippen molar-refractivity contribution < 1.29 is 0 Å². The van der Waals surface area contributed by atoms with Crippen LogP contribution >= 0.6 is 11.8 Å². The third-order valence-electron chi connectivity index (χ3n) is 1.90. The highest BCUT2D eigenvalue weighted by Gasteiger charge is 2.00. The Morgan fingerprint density at radius 3 is 2.56 bits per heavy atom. The van der Waals surface area contributed by atoms with Crippen molar-refractivity contribution >= 4 is 11.8 Å². The first-order valence-electron chi connectivity index (χ1n) is 4.64. The largest absolute Gasteiger partial charge is 0.265 e. The molecule has 0 saturated heterocycles. The van der Waals surface area contributed by atoms with Crippen LogP contribution in [-0.4, -0.2) is 20.9 Å². The molecule has 2 aromatic rings. The Labute approximate surface area is 97.4 Å². The van der Waals surface area contributed by atoms with Crippen LogP contribution < -0.4 is 0 Å². The van der Waals surface area contributed by atoms with E-state index in [-0.39, 0.29) is 0 Å². The summed E-state index contributed by atoms with van der Waals surface area (Å²) in [6.07, 6.45) is 3.44. The first-order chi connectivity index (χ1) is 7.90. The van der Waals surface area contributed by atoms with Gasteiger partial charge in [-0.25, -0.2) is 0 Å². The van der Waals surface area contributed by atoms with Crippen molar-refractivity contribution in [2.45, 2.75) is 5.03 Å². The number of nitriles is 1. The predicted octanol–water partition coefficient (Wildman–Crippen LogP) is 2.15. The number of hydrogen-bond acceptors (Lipinski definition) is 5. The molecule has 4 nitrogen and oxygen atoms in total. The molecule has 0 aliphatic carbocycles. The number of aromatic nitrogens is 3. The molecule has 0 saturated carbocycles. The smallest absolute Gasteiger partial charge is 0.120 e. The lowest BCUT2D eigenvalue weighted by Crippen LogP contribution is -1.89. The zero-order chi connectivity index (χ0) is 11.2. The molecule has 0 atom stereocenters. The molecular formula is C11H8N4S. The van der Waals surface area contributed by atoms with Gasteiger partial charge in [0.2, 0.25) is 0 Å². The lowest BCUT2D eigenvalue weighted by molar-refractivity contribution is 0.936. The van der Waals surface area contributed by atoms with Gasteiger partial charge in [0.05, 0.1) is 17.5 Å². The highest BCUT2D eigenvalue weighted by Crippen LogP contribution is 2.18. The van der Waals surface area contributed by atoms with Gasteiger partial charge in [-0.2, -0.15) is 5.26 Å². The number of rotatable bonds is 3. The molecule has 0 unspecified atom stereocenters. The molecule has 2 aromatic heterocycles. The first-order valence-corrected chi connectivity index (χ1v) is 5.62. The van der Waals surface area contributed by atoms with Crippen molar-refractivity contribution in [1.82, 2.24) is 15.2 Å². The summed E-state index contributed by atoms with van der Waals surface area (Å²) in [4.78, 5) is 3.94. The minimum atomic E-state index is 0.392. The number of pyridine rings is 1. The SMILES string of the molecule is N#CCSc1ccc(-c2ccncc2)nn1. The number of hydrogen-bond donors (Lipinski definition) is 0. The third kappa shape index (κ3) is 2.55. The minimum absolute atomic E-state index is 0.392. The zero-order valence-corrected chi connectivity index (χ0v) is 9.18. The fraction of sp³-hybridized carbons (Fsp3) is 0.0909. The van der Waals surface area contributed by atoms with Crippen LogP contribution in [0.2, 0.25) is 0 Å². The van der Waals surface area contributed by atoms with E-state index < -0.39 is 0 Å². The molecule has 0 amide bonds. The van der Waals surface area contributed by atoms with E-state index >= 15 is 0 Å². The molecular weight excluding hydrogens is 220 g/mol. The van der Waals surface area contributed by atoms with Crippen LogP contribution in [0.15, 0.2) is 41.7 Å². The summed E-state index contributed by atoms with van der Waals surface area (Å²) in [6.45, 7) is 0. The van der Waals surface area contributed by atoms with Crippen LogP contribution in [0.3, 0.4) is 0 Å². The summed E-state index contributed by atoms with van der Waals surface area (Å²) in [7, 11) is 0. The Morgan fingerprint density at radius 2 is 1.94 bits per heavy atom. The summed E-state index contributed by atoms with van der Waals surface area (Å²) < 4.78 is 0. The topological polar surface area (TPSA) is 62.5 Å². The van der Waals surface area contributed by atoms with E-state index in [1.807, 2.05) is 30.3 Å². The van der Waals surface area contributed by atoms with Crippen molar-refractivity contribution in [3.63, 3.8) is 0 Å². The van der Waals surface area contributed by atoms with Gasteiger partial charge in [0.1, 0.15) is 5.03 Å². The summed E-state index contributed by atoms with van der Waals surface area (Å²) in [6, 6.07) is 9.57. The van der Waals surface area contributed by atoms with Crippen molar-refractivity contribution in [3.8, 4) is 17.3 Å². The Morgan fingerprint density at radius 1 is 1.12 bits per heavy atom. The molecule has 0 bridgehead atoms. The van der Waals surface area contributed by atoms with Gasteiger partial charge >= 0.3 is 0 Å². The second-order valence-electron chi connectivity index (χ2n) is 2.94. The van der Waals surface area contributed by atoms with E-state index in [0.717, 1.165) is 16.3 Å². The minimum Gasteiger partial charge on any atom is -0.265 e. The van der Waals surface area contributed by atoms with Gasteiger partial charge < -0.3 is 0 Å². The zero-order valence-electron chi connectivity index (χ0n) is 8.37. The maximum Gasteiger partial charge on any atom is 0.120 e. The molecule has 16 heavy (non-hydrogen) atoms. The maximum atomic E-state index is 8.43. The van der Waals surface area contributed by atoms with Gasteiger partial charge in [0, 0.05) is 18.0 Å². The van der Waals surface area contributed by atoms with Gasteiger partial charge in [0.25, 0.3) is 0 Å². The second kappa shape index (κ2) is 5.24. The second-order valence-corrected chi connectivity index (χ2v) is 3.94. The Balaban J connectivity index is 2.17. The highest BCUT2D eigenvalue weighted by molar-refractivity contribution is 7.99. The van der Waals surface area contributed by atoms with Crippen LogP contribution in [0.1, 0.15) is 0 Å². The average molecular weight is 228 g/mol. The molecule has 2 rings (SSSR count). The first kappa shape index (κ1) is 10.6. The molecule has 5 heteroatoms. The number of thioether (sulfide) groups is 1. The average Bonchev–Trinajstić information content (AvgIpc) is 2.38. The normalized spacial score (nSPS) is 9.69. The maximum absolute atomic E-state index is 8.43. The Hall–Kier alpha value is -1.93. The number of nitrogens with zero attached hydrogens (tertiary/aromatic N) is 4. The van der Waals surface area contributed by atoms with Gasteiger partial charge in [-0.15, -0.1) is 10.2 Å². The summed E-state index contributed by atoms with van der Waals surface area (Å²) in [5.41, 5.74) is 1.79. The van der Waals surface area contributed by atoms with E-state index in [0.29, 0.717) is 5.75 Å². The van der Waals surface area contributed by atoms with E-state index in [9.17, 15) is 0 Å².